The van der Waals surface area contributed by atoms with Crippen molar-refractivity contribution in [1.82, 2.24) is 15.0 Å². The molecule has 0 atom stereocenters. The zero-order valence-corrected chi connectivity index (χ0v) is 14.4. The highest BCUT2D eigenvalue weighted by molar-refractivity contribution is 5.95. The van der Waals surface area contributed by atoms with E-state index in [1.807, 2.05) is 13.8 Å². The van der Waals surface area contributed by atoms with Gasteiger partial charge in [-0.25, -0.2) is 9.48 Å². The minimum atomic E-state index is -1.13. The molecule has 2 N–H and O–H groups in total. The Morgan fingerprint density at radius 2 is 2.00 bits per heavy atom. The minimum absolute atomic E-state index is 0.00126. The van der Waals surface area contributed by atoms with Gasteiger partial charge in [-0.05, 0) is 37.0 Å². The van der Waals surface area contributed by atoms with Crippen LogP contribution in [0.2, 0.25) is 0 Å². The number of carboxylic acids is 1. The first-order valence-corrected chi connectivity index (χ1v) is 8.45. The predicted molar refractivity (Wildman–Crippen MR) is 92.7 cm³/mol. The molecule has 1 aliphatic carbocycles. The number of benzene rings is 1. The molecule has 0 spiro atoms. The van der Waals surface area contributed by atoms with E-state index in [0.717, 1.165) is 12.8 Å². The van der Waals surface area contributed by atoms with Gasteiger partial charge >= 0.3 is 5.97 Å². The highest BCUT2D eigenvalue weighted by Crippen LogP contribution is 2.40. The van der Waals surface area contributed by atoms with Crippen molar-refractivity contribution in [2.45, 2.75) is 39.5 Å². The van der Waals surface area contributed by atoms with E-state index in [-0.39, 0.29) is 11.6 Å². The molecule has 0 aliphatic heterocycles. The molecule has 132 valence electrons. The number of amides is 1. The van der Waals surface area contributed by atoms with Crippen molar-refractivity contribution in [3.63, 3.8) is 0 Å². The van der Waals surface area contributed by atoms with Gasteiger partial charge < -0.3 is 10.4 Å². The van der Waals surface area contributed by atoms with E-state index in [1.54, 1.807) is 24.3 Å². The summed E-state index contributed by atoms with van der Waals surface area (Å²) < 4.78 is 1.38. The quantitative estimate of drug-likeness (QED) is 0.870. The number of aromatic carboxylic acids is 1. The van der Waals surface area contributed by atoms with Gasteiger partial charge in [0, 0.05) is 11.1 Å². The molecule has 1 amide bonds. The summed E-state index contributed by atoms with van der Waals surface area (Å²) in [5.41, 5.74) is 0.741. The zero-order chi connectivity index (χ0) is 18.0. The van der Waals surface area contributed by atoms with Gasteiger partial charge in [0.25, 0.3) is 0 Å². The fourth-order valence-electron chi connectivity index (χ4n) is 3.34. The summed E-state index contributed by atoms with van der Waals surface area (Å²) in [6, 6.07) is 7.12. The molecule has 0 unspecified atom stereocenters. The van der Waals surface area contributed by atoms with Gasteiger partial charge in [-0.1, -0.05) is 38.0 Å². The first-order valence-electron chi connectivity index (χ1n) is 8.45. The van der Waals surface area contributed by atoms with Gasteiger partial charge in [0.1, 0.15) is 0 Å². The summed E-state index contributed by atoms with van der Waals surface area (Å²) in [6.07, 6.45) is 5.91. The molecule has 1 aromatic heterocycles. The molecule has 7 nitrogen and oxygen atoms in total. The number of rotatable bonds is 5. The van der Waals surface area contributed by atoms with Crippen LogP contribution < -0.4 is 5.32 Å². The van der Waals surface area contributed by atoms with Crippen molar-refractivity contribution in [3.8, 4) is 5.69 Å². The lowest BCUT2D eigenvalue weighted by atomic mass is 9.77. The topological polar surface area (TPSA) is 97.1 Å². The monoisotopic (exact) mass is 342 g/mol. The largest absolute Gasteiger partial charge is 0.476 e. The van der Waals surface area contributed by atoms with Crippen LogP contribution in [0.25, 0.3) is 5.69 Å². The number of nitrogens with zero attached hydrogens (tertiary/aromatic N) is 3. The molecule has 3 rings (SSSR count). The lowest BCUT2D eigenvalue weighted by Crippen LogP contribution is -2.36. The summed E-state index contributed by atoms with van der Waals surface area (Å²) in [5.74, 6) is -0.723. The van der Waals surface area contributed by atoms with Crippen LogP contribution in [0, 0.1) is 11.3 Å². The third-order valence-corrected chi connectivity index (χ3v) is 5.04. The Hall–Kier alpha value is -2.70. The Morgan fingerprint density at radius 1 is 1.28 bits per heavy atom. The molecule has 2 aromatic rings. The van der Waals surface area contributed by atoms with Crippen LogP contribution in [0.5, 0.6) is 0 Å². The predicted octanol–water partition coefficient (Wildman–Crippen LogP) is 3.12. The number of carboxylic acid groups (broad SMARTS) is 1. The average molecular weight is 342 g/mol. The lowest BCUT2D eigenvalue weighted by Gasteiger charge is -2.30. The number of carbonyl (C=O) groups excluding carboxylic acids is 1. The Balaban J connectivity index is 1.77. The summed E-state index contributed by atoms with van der Waals surface area (Å²) in [5, 5.41) is 19.3. The number of hydrogen-bond donors (Lipinski definition) is 2. The molecule has 1 aliphatic rings. The third kappa shape index (κ3) is 3.55. The van der Waals surface area contributed by atoms with Gasteiger partial charge in [-0.2, -0.15) is 0 Å². The molecule has 0 saturated heterocycles. The Morgan fingerprint density at radius 3 is 2.64 bits per heavy atom. The Labute approximate surface area is 146 Å². The van der Waals surface area contributed by atoms with E-state index in [1.165, 1.54) is 23.7 Å². The van der Waals surface area contributed by atoms with Crippen molar-refractivity contribution in [2.75, 3.05) is 5.32 Å². The van der Waals surface area contributed by atoms with Gasteiger partial charge in [-0.15, -0.1) is 5.10 Å². The number of nitrogens with one attached hydrogen (secondary N) is 1. The van der Waals surface area contributed by atoms with Crippen LogP contribution >= 0.6 is 0 Å². The normalized spacial score (nSPS) is 15.3. The number of carbonyl (C=O) groups is 2. The highest BCUT2D eigenvalue weighted by Gasteiger charge is 2.38. The van der Waals surface area contributed by atoms with Gasteiger partial charge in [0.2, 0.25) is 5.91 Å². The van der Waals surface area contributed by atoms with E-state index in [2.05, 4.69) is 15.6 Å². The zero-order valence-electron chi connectivity index (χ0n) is 14.4. The maximum atomic E-state index is 12.7. The van der Waals surface area contributed by atoms with Gasteiger partial charge in [-0.3, -0.25) is 4.79 Å². The average Bonchev–Trinajstić information content (AvgIpc) is 3.27. The van der Waals surface area contributed by atoms with Crippen LogP contribution in [0.1, 0.15) is 50.0 Å². The molecule has 25 heavy (non-hydrogen) atoms. The van der Waals surface area contributed by atoms with E-state index in [0.29, 0.717) is 17.3 Å². The molecular weight excluding hydrogens is 320 g/mol. The molecule has 1 aromatic carbocycles. The summed E-state index contributed by atoms with van der Waals surface area (Å²) >= 11 is 0. The standard InChI is InChI=1S/C18H22N4O3/c1-18(2,12-6-3-4-7-12)17(25)19-13-8-5-9-14(10-13)22-11-15(16(23)24)20-21-22/h5,8-12H,3-4,6-7H2,1-2H3,(H,19,25)(H,23,24). The van der Waals surface area contributed by atoms with Crippen LogP contribution in [-0.2, 0) is 4.79 Å². The van der Waals surface area contributed by atoms with Crippen LogP contribution in [0.15, 0.2) is 30.5 Å². The summed E-state index contributed by atoms with van der Waals surface area (Å²) in [4.78, 5) is 23.7. The number of hydrogen-bond acceptors (Lipinski definition) is 4. The van der Waals surface area contributed by atoms with Crippen LogP contribution in [0.4, 0.5) is 5.69 Å². The molecule has 0 bridgehead atoms. The van der Waals surface area contributed by atoms with E-state index in [9.17, 15) is 9.59 Å². The molecule has 1 heterocycles. The van der Waals surface area contributed by atoms with Crippen molar-refractivity contribution < 1.29 is 14.7 Å². The maximum absolute atomic E-state index is 12.7. The van der Waals surface area contributed by atoms with Crippen molar-refractivity contribution in [3.05, 3.63) is 36.2 Å². The summed E-state index contributed by atoms with van der Waals surface area (Å²) in [7, 11) is 0. The first kappa shape index (κ1) is 17.1. The highest BCUT2D eigenvalue weighted by atomic mass is 16.4. The first-order chi connectivity index (χ1) is 11.9. The Bertz CT molecular complexity index is 791. The minimum Gasteiger partial charge on any atom is -0.476 e. The van der Waals surface area contributed by atoms with Crippen molar-refractivity contribution in [2.24, 2.45) is 11.3 Å². The molecule has 7 heteroatoms. The van der Waals surface area contributed by atoms with Crippen LogP contribution in [0.3, 0.4) is 0 Å². The van der Waals surface area contributed by atoms with E-state index in [4.69, 9.17) is 5.11 Å². The smallest absolute Gasteiger partial charge is 0.358 e. The van der Waals surface area contributed by atoms with Gasteiger partial charge in [0.05, 0.1) is 11.9 Å². The number of aromatic nitrogens is 3. The van der Waals surface area contributed by atoms with Gasteiger partial charge in [0.15, 0.2) is 5.69 Å². The fraction of sp³-hybridized carbons (Fsp3) is 0.444. The second kappa shape index (κ2) is 6.66. The molecule has 0 radical (unpaired) electrons. The second-order valence-electron chi connectivity index (χ2n) is 7.06. The molecular formula is C18H22N4O3. The third-order valence-electron chi connectivity index (χ3n) is 5.04. The van der Waals surface area contributed by atoms with Crippen molar-refractivity contribution >= 4 is 17.6 Å². The molecule has 1 fully saturated rings. The van der Waals surface area contributed by atoms with Crippen molar-refractivity contribution in [1.29, 1.82) is 0 Å². The number of anilines is 1. The SMILES string of the molecule is CC(C)(C(=O)Nc1cccc(-n2cc(C(=O)O)nn2)c1)C1CCCC1. The van der Waals surface area contributed by atoms with E-state index < -0.39 is 11.4 Å². The fourth-order valence-corrected chi connectivity index (χ4v) is 3.34. The van der Waals surface area contributed by atoms with Crippen LogP contribution in [-0.4, -0.2) is 32.0 Å². The molecule has 1 saturated carbocycles. The lowest BCUT2D eigenvalue weighted by molar-refractivity contribution is -0.126. The Kier molecular flexibility index (Phi) is 4.57. The second-order valence-corrected chi connectivity index (χ2v) is 7.06. The van der Waals surface area contributed by atoms with E-state index >= 15 is 0 Å². The maximum Gasteiger partial charge on any atom is 0.358 e. The summed E-state index contributed by atoms with van der Waals surface area (Å²) in [6.45, 7) is 4.00.